The minimum Gasteiger partial charge on any atom is -0.508 e. The first-order chi connectivity index (χ1) is 28.4. The number of anilines is 2. The Hall–Kier alpha value is -5.92. The van der Waals surface area contributed by atoms with Gasteiger partial charge in [-0.05, 0) is 117 Å². The Balaban J connectivity index is 1.47. The van der Waals surface area contributed by atoms with Gasteiger partial charge in [-0.1, -0.05) is 12.1 Å². The van der Waals surface area contributed by atoms with Crippen molar-refractivity contribution in [3.05, 3.63) is 121 Å². The number of aromatic nitrogens is 2. The normalized spacial score (nSPS) is 25.8. The van der Waals surface area contributed by atoms with Crippen molar-refractivity contribution in [2.75, 3.05) is 18.1 Å². The number of nitrogens with zero attached hydrogens (tertiary/aromatic N) is 2. The number of esters is 1. The van der Waals surface area contributed by atoms with Gasteiger partial charge in [0.25, 0.3) is 0 Å². The van der Waals surface area contributed by atoms with E-state index < -0.39 is 53.9 Å². The third-order valence-corrected chi connectivity index (χ3v) is 13.8. The molecule has 0 radical (unpaired) electrons. The van der Waals surface area contributed by atoms with Crippen LogP contribution in [0.4, 0.5) is 11.6 Å². The lowest BCUT2D eigenvalue weighted by Crippen LogP contribution is -2.59. The number of rotatable bonds is 4. The molecule has 9 rings (SSSR count). The van der Waals surface area contributed by atoms with Crippen LogP contribution in [0.5, 0.6) is 17.2 Å². The number of hydrogen-bond donors (Lipinski definition) is 6. The zero-order valence-corrected chi connectivity index (χ0v) is 33.2. The van der Waals surface area contributed by atoms with E-state index in [0.717, 1.165) is 33.9 Å². The third-order valence-electron chi connectivity index (χ3n) is 13.8. The van der Waals surface area contributed by atoms with Crippen molar-refractivity contribution in [1.82, 2.24) is 9.97 Å². The highest BCUT2D eigenvalue weighted by Crippen LogP contribution is 2.60. The number of phenols is 2. The van der Waals surface area contributed by atoms with E-state index in [9.17, 15) is 30.0 Å². The minimum atomic E-state index is -1.29. The fourth-order valence-corrected chi connectivity index (χ4v) is 10.8. The van der Waals surface area contributed by atoms with Crippen LogP contribution < -0.4 is 21.6 Å². The second-order valence-electron chi connectivity index (χ2n) is 16.7. The summed E-state index contributed by atoms with van der Waals surface area (Å²) in [6.45, 7) is 4.37. The van der Waals surface area contributed by atoms with Crippen molar-refractivity contribution in [2.45, 2.75) is 95.4 Å². The van der Waals surface area contributed by atoms with Crippen LogP contribution in [0.15, 0.2) is 69.7 Å². The third kappa shape index (κ3) is 6.04. The summed E-state index contributed by atoms with van der Waals surface area (Å²) < 4.78 is 20.4. The van der Waals surface area contributed by atoms with Crippen molar-refractivity contribution in [1.29, 1.82) is 0 Å². The fourth-order valence-electron chi connectivity index (χ4n) is 10.8. The van der Waals surface area contributed by atoms with Crippen LogP contribution in [0, 0.1) is 11.8 Å². The zero-order chi connectivity index (χ0) is 41.5. The molecule has 4 aliphatic rings. The molecule has 5 heterocycles. The highest BCUT2D eigenvalue weighted by molar-refractivity contribution is 5.92. The standard InChI is InChI=1S/C46H48N4O9/c1-4-21(2)45(56)58-35-17-31-41(55)39-34(54)16-26(19-51)57-43(39)40-37-29-11-12-49-44(48)38(29)28(10-6-22-5-8-25(53)15-30(22)32(37)20-52)27-9-7-23-14-36(47)50-18-24(23)13-33(27)46(35,3)59-42(31)40/h4-5,8,11-12,14-16,18,27-28,32-33,35,37,51-53,55H,6-7,9-10,13,17,19-20H2,1-3H3,(H2,47,50)(H2,48,49). The quantitative estimate of drug-likeness (QED) is 0.0964. The van der Waals surface area contributed by atoms with E-state index in [1.54, 1.807) is 38.3 Å². The van der Waals surface area contributed by atoms with Crippen molar-refractivity contribution in [3.63, 3.8) is 0 Å². The number of hydrogen-bond acceptors (Lipinski definition) is 13. The molecule has 59 heavy (non-hydrogen) atoms. The Labute approximate surface area is 340 Å². The molecule has 2 aromatic carbocycles. The molecule has 5 aromatic rings. The summed E-state index contributed by atoms with van der Waals surface area (Å²) in [7, 11) is 0. The number of aryl methyl sites for hydroxylation is 2. The number of nitrogen functional groups attached to an aromatic ring is 2. The lowest BCUT2D eigenvalue weighted by atomic mass is 9.62. The molecule has 0 fully saturated rings. The maximum atomic E-state index is 14.1. The van der Waals surface area contributed by atoms with Gasteiger partial charge in [-0.15, -0.1) is 0 Å². The van der Waals surface area contributed by atoms with E-state index in [0.29, 0.717) is 60.4 Å². The predicted octanol–water partition coefficient (Wildman–Crippen LogP) is 5.60. The number of pyridine rings is 2. The van der Waals surface area contributed by atoms with Crippen LogP contribution in [0.3, 0.4) is 0 Å². The molecule has 0 amide bonds. The van der Waals surface area contributed by atoms with Crippen molar-refractivity contribution < 1.29 is 39.1 Å². The second-order valence-corrected chi connectivity index (χ2v) is 16.7. The van der Waals surface area contributed by atoms with E-state index in [4.69, 9.17) is 25.4 Å². The van der Waals surface area contributed by atoms with E-state index in [1.165, 1.54) is 0 Å². The molecule has 0 spiro atoms. The van der Waals surface area contributed by atoms with Crippen molar-refractivity contribution in [2.24, 2.45) is 11.8 Å². The first-order valence-electron chi connectivity index (χ1n) is 20.2. The molecule has 2 aliphatic carbocycles. The van der Waals surface area contributed by atoms with Crippen LogP contribution in [-0.2, 0) is 41.8 Å². The molecular weight excluding hydrogens is 753 g/mol. The molecule has 13 nitrogen and oxygen atoms in total. The smallest absolute Gasteiger partial charge is 0.333 e. The number of allylic oxidation sites excluding steroid dienone is 1. The number of aliphatic hydroxyl groups excluding tert-OH is 2. The van der Waals surface area contributed by atoms with Crippen LogP contribution in [0.1, 0.15) is 102 Å². The first-order valence-corrected chi connectivity index (χ1v) is 20.2. The average Bonchev–Trinajstić information content (AvgIpc) is 3.37. The van der Waals surface area contributed by atoms with Crippen LogP contribution in [0.2, 0.25) is 0 Å². The maximum Gasteiger partial charge on any atom is 0.333 e. The van der Waals surface area contributed by atoms with Gasteiger partial charge in [0.05, 0.1) is 6.61 Å². The van der Waals surface area contributed by atoms with Crippen LogP contribution >= 0.6 is 0 Å². The maximum absolute atomic E-state index is 14.1. The summed E-state index contributed by atoms with van der Waals surface area (Å²) in [6.07, 6.45) is 7.08. The largest absolute Gasteiger partial charge is 0.508 e. The number of phenolic OH excluding ortho intramolecular Hbond substituents is 2. The van der Waals surface area contributed by atoms with Gasteiger partial charge in [-0.25, -0.2) is 14.8 Å². The number of benzene rings is 2. The van der Waals surface area contributed by atoms with Crippen molar-refractivity contribution in [3.8, 4) is 17.2 Å². The summed E-state index contributed by atoms with van der Waals surface area (Å²) in [5, 5.41) is 45.2. The number of carbonyl (C=O) groups excluding carboxylic acids is 1. The number of nitrogens with two attached hydrogens (primary N) is 2. The molecule has 306 valence electrons. The Morgan fingerprint density at radius 2 is 1.80 bits per heavy atom. The highest BCUT2D eigenvalue weighted by Gasteiger charge is 2.57. The number of ether oxygens (including phenoxy) is 2. The SMILES string of the molecule is CC=C(C)C(=O)OC1Cc2c3c(c4oc(CO)cc(=O)c4c2O)C2c4ccnc(N)c4C(CCc4ccc(O)cc4C2CO)C2CCc4cc(N)ncc4CC2C1(C)O3. The van der Waals surface area contributed by atoms with Crippen molar-refractivity contribution >= 4 is 28.6 Å². The molecule has 13 heteroatoms. The van der Waals surface area contributed by atoms with Gasteiger partial charge in [0.15, 0.2) is 5.43 Å². The van der Waals surface area contributed by atoms with Gasteiger partial charge in [-0.3, -0.25) is 4.79 Å². The van der Waals surface area contributed by atoms with E-state index in [2.05, 4.69) is 9.97 Å². The van der Waals surface area contributed by atoms with Crippen LogP contribution in [-0.4, -0.2) is 54.7 Å². The van der Waals surface area contributed by atoms with Gasteiger partial charge in [0.1, 0.15) is 63.9 Å². The Morgan fingerprint density at radius 3 is 2.56 bits per heavy atom. The Kier molecular flexibility index (Phi) is 9.43. The number of carbonyl (C=O) groups is 1. The molecule has 2 aliphatic heterocycles. The number of fused-ring (bicyclic) bond motifs is 9. The van der Waals surface area contributed by atoms with Gasteiger partial charge in [-0.2, -0.15) is 0 Å². The lowest BCUT2D eigenvalue weighted by molar-refractivity contribution is -0.168. The first kappa shape index (κ1) is 38.6. The van der Waals surface area contributed by atoms with E-state index in [-0.39, 0.29) is 58.0 Å². The van der Waals surface area contributed by atoms with Gasteiger partial charge in [0, 0.05) is 64.9 Å². The highest BCUT2D eigenvalue weighted by atomic mass is 16.6. The number of aromatic hydroxyl groups is 2. The average molecular weight is 801 g/mol. The van der Waals surface area contributed by atoms with E-state index in [1.807, 2.05) is 31.3 Å². The Bertz CT molecular complexity index is 2640. The molecule has 3 aromatic heterocycles. The summed E-state index contributed by atoms with van der Waals surface area (Å²) in [4.78, 5) is 37.2. The van der Waals surface area contributed by atoms with Gasteiger partial charge < -0.3 is 45.8 Å². The zero-order valence-electron chi connectivity index (χ0n) is 33.2. The Morgan fingerprint density at radius 1 is 1.00 bits per heavy atom. The summed E-state index contributed by atoms with van der Waals surface area (Å²) in [5.41, 5.74) is 17.6. The predicted molar refractivity (Wildman–Crippen MR) is 219 cm³/mol. The van der Waals surface area contributed by atoms with E-state index >= 15 is 0 Å². The molecule has 0 saturated heterocycles. The molecule has 4 bridgehead atoms. The summed E-state index contributed by atoms with van der Waals surface area (Å²) in [6, 6.07) is 10.1. The van der Waals surface area contributed by atoms with Gasteiger partial charge >= 0.3 is 5.97 Å². The monoisotopic (exact) mass is 800 g/mol. The lowest BCUT2D eigenvalue weighted by Gasteiger charge is -2.51. The topological polar surface area (TPSA) is 224 Å². The molecule has 8 N–H and O–H groups in total. The summed E-state index contributed by atoms with van der Waals surface area (Å²) >= 11 is 0. The second kappa shape index (κ2) is 14.4. The fraction of sp³-hybridized carbons (Fsp3) is 0.391. The van der Waals surface area contributed by atoms with Crippen LogP contribution in [0.25, 0.3) is 11.0 Å². The molecule has 7 unspecified atom stereocenters. The van der Waals surface area contributed by atoms with Gasteiger partial charge in [0.2, 0.25) is 0 Å². The summed E-state index contributed by atoms with van der Waals surface area (Å²) in [5.74, 6) is -2.49. The minimum absolute atomic E-state index is 0.0154. The molecule has 7 atom stereocenters. The number of aliphatic hydroxyl groups is 2. The molecule has 0 saturated carbocycles. The molecular formula is C46H48N4O9.